The Kier molecular flexibility index (Phi) is 4.73. The van der Waals surface area contributed by atoms with E-state index in [0.29, 0.717) is 12.1 Å². The second kappa shape index (κ2) is 6.47. The Hall–Kier alpha value is -1.02. The van der Waals surface area contributed by atoms with E-state index in [-0.39, 0.29) is 23.1 Å². The van der Waals surface area contributed by atoms with Gasteiger partial charge in [0.1, 0.15) is 10.7 Å². The van der Waals surface area contributed by atoms with Crippen molar-refractivity contribution in [3.05, 3.63) is 29.6 Å². The van der Waals surface area contributed by atoms with Gasteiger partial charge in [0.25, 0.3) is 0 Å². The summed E-state index contributed by atoms with van der Waals surface area (Å²) in [6, 6.07) is 4.25. The molecule has 0 bridgehead atoms. The molecule has 0 amide bonds. The molecule has 1 aliphatic carbocycles. The van der Waals surface area contributed by atoms with Crippen LogP contribution in [0.5, 0.6) is 0 Å². The minimum Gasteiger partial charge on any atom is -0.392 e. The van der Waals surface area contributed by atoms with Gasteiger partial charge in [0.05, 0.1) is 6.10 Å². The molecule has 1 aromatic rings. The van der Waals surface area contributed by atoms with E-state index < -0.39 is 15.8 Å². The van der Waals surface area contributed by atoms with Crippen LogP contribution in [-0.4, -0.2) is 49.7 Å². The van der Waals surface area contributed by atoms with Crippen molar-refractivity contribution in [1.29, 1.82) is 0 Å². The first-order chi connectivity index (χ1) is 10.9. The fourth-order valence-electron chi connectivity index (χ4n) is 3.68. The van der Waals surface area contributed by atoms with Gasteiger partial charge in [-0.05, 0) is 37.8 Å². The average molecular weight is 342 g/mol. The number of β-amino-alcohol motifs (C(OH)–C–C–N with tert-alkyl or cyclic N) is 1. The van der Waals surface area contributed by atoms with E-state index in [1.54, 1.807) is 19.1 Å². The molecule has 1 aliphatic heterocycles. The first-order valence-electron chi connectivity index (χ1n) is 8.08. The fraction of sp³-hybridized carbons (Fsp3) is 0.625. The predicted octanol–water partition coefficient (Wildman–Crippen LogP) is 1.40. The monoisotopic (exact) mass is 342 g/mol. The van der Waals surface area contributed by atoms with Gasteiger partial charge in [-0.2, -0.15) is 0 Å². The third-order valence-corrected chi connectivity index (χ3v) is 6.40. The van der Waals surface area contributed by atoms with Crippen molar-refractivity contribution in [3.63, 3.8) is 0 Å². The number of likely N-dealkylation sites (tertiary alicyclic amines) is 1. The van der Waals surface area contributed by atoms with E-state index in [0.717, 1.165) is 32.2 Å². The van der Waals surface area contributed by atoms with Gasteiger partial charge in [0.2, 0.25) is 10.0 Å². The van der Waals surface area contributed by atoms with Crippen LogP contribution in [0.15, 0.2) is 23.1 Å². The summed E-state index contributed by atoms with van der Waals surface area (Å²) in [6.07, 6.45) is 2.96. The van der Waals surface area contributed by atoms with Crippen molar-refractivity contribution in [2.75, 3.05) is 13.1 Å². The van der Waals surface area contributed by atoms with Gasteiger partial charge in [0, 0.05) is 25.2 Å². The van der Waals surface area contributed by atoms with Crippen molar-refractivity contribution in [1.82, 2.24) is 9.62 Å². The Morgan fingerprint density at radius 1 is 1.30 bits per heavy atom. The topological polar surface area (TPSA) is 69.6 Å². The van der Waals surface area contributed by atoms with Crippen LogP contribution in [0.1, 0.15) is 31.2 Å². The molecule has 3 atom stereocenters. The second-order valence-electron chi connectivity index (χ2n) is 6.55. The smallest absolute Gasteiger partial charge is 0.243 e. The molecular formula is C16H23FN2O3S. The zero-order valence-electron chi connectivity index (χ0n) is 13.2. The number of rotatable bonds is 4. The highest BCUT2D eigenvalue weighted by Crippen LogP contribution is 2.29. The molecule has 0 aromatic heterocycles. The van der Waals surface area contributed by atoms with Crippen LogP contribution in [0.25, 0.3) is 0 Å². The Bertz CT molecular complexity index is 680. The lowest BCUT2D eigenvalue weighted by Gasteiger charge is -2.29. The summed E-state index contributed by atoms with van der Waals surface area (Å²) in [4.78, 5) is 1.86. The summed E-state index contributed by atoms with van der Waals surface area (Å²) in [6.45, 7) is 2.92. The minimum atomic E-state index is -3.89. The number of aliphatic hydroxyl groups excluding tert-OH is 1. The first kappa shape index (κ1) is 16.8. The summed E-state index contributed by atoms with van der Waals surface area (Å²) in [5.41, 5.74) is 0.318. The third kappa shape index (κ3) is 3.42. The molecule has 1 saturated heterocycles. The van der Waals surface area contributed by atoms with Crippen LogP contribution >= 0.6 is 0 Å². The van der Waals surface area contributed by atoms with Gasteiger partial charge in [-0.25, -0.2) is 17.5 Å². The summed E-state index contributed by atoms with van der Waals surface area (Å²) < 4.78 is 42.0. The predicted molar refractivity (Wildman–Crippen MR) is 85.1 cm³/mol. The average Bonchev–Trinajstić information content (AvgIpc) is 3.10. The molecule has 2 fully saturated rings. The molecule has 23 heavy (non-hydrogen) atoms. The number of benzene rings is 1. The van der Waals surface area contributed by atoms with Gasteiger partial charge >= 0.3 is 0 Å². The summed E-state index contributed by atoms with van der Waals surface area (Å²) in [5, 5.41) is 9.69. The first-order valence-corrected chi connectivity index (χ1v) is 9.56. The summed E-state index contributed by atoms with van der Waals surface area (Å²) >= 11 is 0. The number of hydrogen-bond acceptors (Lipinski definition) is 4. The van der Waals surface area contributed by atoms with Crippen LogP contribution in [0.3, 0.4) is 0 Å². The Morgan fingerprint density at radius 3 is 2.78 bits per heavy atom. The van der Waals surface area contributed by atoms with Crippen molar-refractivity contribution in [2.45, 2.75) is 55.7 Å². The van der Waals surface area contributed by atoms with Crippen LogP contribution < -0.4 is 4.72 Å². The van der Waals surface area contributed by atoms with Crippen molar-refractivity contribution in [2.24, 2.45) is 0 Å². The zero-order valence-corrected chi connectivity index (χ0v) is 14.0. The number of aliphatic hydroxyl groups is 1. The molecule has 2 N–H and O–H groups in total. The molecule has 5 nitrogen and oxygen atoms in total. The Morgan fingerprint density at radius 2 is 2.09 bits per heavy atom. The molecule has 0 radical (unpaired) electrons. The van der Waals surface area contributed by atoms with E-state index in [2.05, 4.69) is 9.62 Å². The van der Waals surface area contributed by atoms with E-state index in [9.17, 15) is 17.9 Å². The maximum Gasteiger partial charge on any atom is 0.243 e. The number of halogens is 1. The van der Waals surface area contributed by atoms with Crippen LogP contribution in [0.2, 0.25) is 0 Å². The molecule has 0 spiro atoms. The van der Waals surface area contributed by atoms with Crippen molar-refractivity contribution in [3.8, 4) is 0 Å². The maximum absolute atomic E-state index is 14.2. The molecule has 128 valence electrons. The van der Waals surface area contributed by atoms with Crippen molar-refractivity contribution < 1.29 is 17.9 Å². The Labute approximate surface area is 136 Å². The second-order valence-corrected chi connectivity index (χ2v) is 8.23. The summed E-state index contributed by atoms with van der Waals surface area (Å²) in [7, 11) is -3.89. The molecule has 7 heteroatoms. The number of sulfonamides is 1. The van der Waals surface area contributed by atoms with E-state index in [1.807, 2.05) is 0 Å². The highest BCUT2D eigenvalue weighted by atomic mass is 32.2. The quantitative estimate of drug-likeness (QED) is 0.868. The van der Waals surface area contributed by atoms with Gasteiger partial charge in [-0.3, -0.25) is 4.90 Å². The molecule has 2 aliphatic rings. The molecule has 3 rings (SSSR count). The maximum atomic E-state index is 14.2. The van der Waals surface area contributed by atoms with Crippen LogP contribution in [-0.2, 0) is 10.0 Å². The lowest BCUT2D eigenvalue weighted by atomic mass is 10.1. The minimum absolute atomic E-state index is 0.0785. The largest absolute Gasteiger partial charge is 0.392 e. The SMILES string of the molecule is Cc1cccc(S(=O)(=O)N[C@@H]2CCC[C@@H]2N2CCC(O)C2)c1F. The molecule has 1 heterocycles. The third-order valence-electron chi connectivity index (χ3n) is 4.90. The number of nitrogens with zero attached hydrogens (tertiary/aromatic N) is 1. The zero-order chi connectivity index (χ0) is 16.6. The van der Waals surface area contributed by atoms with Crippen molar-refractivity contribution >= 4 is 10.0 Å². The lowest BCUT2D eigenvalue weighted by molar-refractivity contribution is 0.153. The van der Waals surface area contributed by atoms with Gasteiger partial charge < -0.3 is 5.11 Å². The lowest BCUT2D eigenvalue weighted by Crippen LogP contribution is -2.48. The van der Waals surface area contributed by atoms with Crippen LogP contribution in [0, 0.1) is 12.7 Å². The summed E-state index contributed by atoms with van der Waals surface area (Å²) in [5.74, 6) is -0.689. The molecule has 1 saturated carbocycles. The molecule has 1 aromatic carbocycles. The highest BCUT2D eigenvalue weighted by molar-refractivity contribution is 7.89. The van der Waals surface area contributed by atoms with E-state index >= 15 is 0 Å². The van der Waals surface area contributed by atoms with E-state index in [1.165, 1.54) is 6.07 Å². The molecule has 1 unspecified atom stereocenters. The number of aryl methyl sites for hydroxylation is 1. The van der Waals surface area contributed by atoms with Crippen LogP contribution in [0.4, 0.5) is 4.39 Å². The number of hydrogen-bond donors (Lipinski definition) is 2. The highest BCUT2D eigenvalue weighted by Gasteiger charge is 2.38. The fourth-order valence-corrected chi connectivity index (χ4v) is 5.13. The van der Waals surface area contributed by atoms with Gasteiger partial charge in [-0.1, -0.05) is 18.6 Å². The van der Waals surface area contributed by atoms with E-state index in [4.69, 9.17) is 0 Å². The Balaban J connectivity index is 1.78. The van der Waals surface area contributed by atoms with Gasteiger partial charge in [0.15, 0.2) is 0 Å². The molecular weight excluding hydrogens is 319 g/mol. The number of nitrogens with one attached hydrogen (secondary N) is 1. The standard InChI is InChI=1S/C16H23FN2O3S/c1-11-4-2-7-15(16(11)17)23(21,22)18-13-5-3-6-14(13)19-9-8-12(20)10-19/h2,4,7,12-14,18,20H,3,5-6,8-10H2,1H3/t12?,13-,14+/m1/s1. The van der Waals surface area contributed by atoms with Gasteiger partial charge in [-0.15, -0.1) is 0 Å². The normalized spacial score (nSPS) is 29.3.